The fourth-order valence-electron chi connectivity index (χ4n) is 3.56. The highest BCUT2D eigenvalue weighted by Crippen LogP contribution is 2.31. The van der Waals surface area contributed by atoms with Crippen LogP contribution < -0.4 is 10.2 Å². The molecule has 0 heterocycles. The Hall–Kier alpha value is -2.10. The maximum atomic E-state index is 12.4. The molecule has 1 aliphatic carbocycles. The normalized spacial score (nSPS) is 14.1. The fraction of sp³-hybridized carbons (Fsp3) is 0.545. The van der Waals surface area contributed by atoms with Crippen molar-refractivity contribution in [1.29, 1.82) is 0 Å². The highest BCUT2D eigenvalue weighted by molar-refractivity contribution is 5.98. The number of allylic oxidation sites excluding steroid dienone is 1. The van der Waals surface area contributed by atoms with Gasteiger partial charge in [-0.15, -0.1) is 0 Å². The summed E-state index contributed by atoms with van der Waals surface area (Å²) in [7, 11) is 0. The molecule has 0 radical (unpaired) electrons. The van der Waals surface area contributed by atoms with Crippen LogP contribution in [-0.2, 0) is 9.59 Å². The lowest BCUT2D eigenvalue weighted by Crippen LogP contribution is -2.41. The minimum Gasteiger partial charge on any atom is -0.354 e. The van der Waals surface area contributed by atoms with Gasteiger partial charge in [0.1, 0.15) is 6.54 Å². The molecule has 0 saturated heterocycles. The molecule has 2 rings (SSSR count). The third-order valence-electron chi connectivity index (χ3n) is 5.00. The molecule has 26 heavy (non-hydrogen) atoms. The van der Waals surface area contributed by atoms with Crippen molar-refractivity contribution >= 4 is 17.5 Å². The Bertz CT molecular complexity index is 677. The molecule has 0 aliphatic heterocycles. The van der Waals surface area contributed by atoms with E-state index in [-0.39, 0.29) is 24.3 Å². The number of nitrogens with one attached hydrogen (secondary N) is 1. The molecule has 0 saturated carbocycles. The molecule has 0 atom stereocenters. The summed E-state index contributed by atoms with van der Waals surface area (Å²) in [5, 5.41) is 2.98. The second-order valence-corrected chi connectivity index (χ2v) is 7.48. The molecule has 1 aromatic carbocycles. The van der Waals surface area contributed by atoms with E-state index in [9.17, 15) is 9.59 Å². The van der Waals surface area contributed by atoms with Crippen LogP contribution >= 0.6 is 0 Å². The number of nitrogens with zero attached hydrogens (tertiary/aromatic N) is 1. The SMILES string of the molecule is CC(=O)N(CC(=O)NCCC1=CCCCC1)c1c(C)cccc1C(C)C. The zero-order chi connectivity index (χ0) is 19.1. The number of benzene rings is 1. The van der Waals surface area contributed by atoms with Gasteiger partial charge in [0, 0.05) is 13.5 Å². The lowest BCUT2D eigenvalue weighted by atomic mass is 9.97. The third-order valence-corrected chi connectivity index (χ3v) is 5.00. The number of carbonyl (C=O) groups excluding carboxylic acids is 2. The van der Waals surface area contributed by atoms with Crippen molar-refractivity contribution in [2.24, 2.45) is 0 Å². The quantitative estimate of drug-likeness (QED) is 0.732. The van der Waals surface area contributed by atoms with Gasteiger partial charge in [-0.25, -0.2) is 0 Å². The van der Waals surface area contributed by atoms with Crippen LogP contribution in [0.2, 0.25) is 0 Å². The summed E-state index contributed by atoms with van der Waals surface area (Å²) >= 11 is 0. The number of rotatable bonds is 7. The van der Waals surface area contributed by atoms with Gasteiger partial charge < -0.3 is 10.2 Å². The number of hydrogen-bond donors (Lipinski definition) is 1. The number of para-hydroxylation sites is 1. The topological polar surface area (TPSA) is 49.4 Å². The maximum Gasteiger partial charge on any atom is 0.240 e. The van der Waals surface area contributed by atoms with E-state index in [1.54, 1.807) is 4.90 Å². The van der Waals surface area contributed by atoms with Crippen LogP contribution in [0.4, 0.5) is 5.69 Å². The zero-order valence-corrected chi connectivity index (χ0v) is 16.6. The lowest BCUT2D eigenvalue weighted by molar-refractivity contribution is -0.123. The second-order valence-electron chi connectivity index (χ2n) is 7.48. The predicted molar refractivity (Wildman–Crippen MR) is 107 cm³/mol. The molecular weight excluding hydrogens is 324 g/mol. The van der Waals surface area contributed by atoms with E-state index in [1.165, 1.54) is 25.3 Å². The Labute approximate surface area is 157 Å². The summed E-state index contributed by atoms with van der Waals surface area (Å²) in [4.78, 5) is 26.3. The van der Waals surface area contributed by atoms with Gasteiger partial charge >= 0.3 is 0 Å². The Balaban J connectivity index is 2.03. The molecule has 2 amide bonds. The summed E-state index contributed by atoms with van der Waals surface area (Å²) in [6, 6.07) is 6.03. The first-order valence-corrected chi connectivity index (χ1v) is 9.72. The van der Waals surface area contributed by atoms with E-state index in [1.807, 2.05) is 25.1 Å². The van der Waals surface area contributed by atoms with E-state index in [2.05, 4.69) is 25.2 Å². The molecule has 142 valence electrons. The average Bonchev–Trinajstić information content (AvgIpc) is 2.60. The van der Waals surface area contributed by atoms with Crippen LogP contribution in [0, 0.1) is 6.92 Å². The van der Waals surface area contributed by atoms with Gasteiger partial charge in [0.15, 0.2) is 0 Å². The van der Waals surface area contributed by atoms with Gasteiger partial charge in [-0.3, -0.25) is 9.59 Å². The lowest BCUT2D eigenvalue weighted by Gasteiger charge is -2.27. The summed E-state index contributed by atoms with van der Waals surface area (Å²) in [6.07, 6.45) is 8.05. The van der Waals surface area contributed by atoms with Gasteiger partial charge in [-0.05, 0) is 56.1 Å². The van der Waals surface area contributed by atoms with Crippen molar-refractivity contribution in [2.45, 2.75) is 65.7 Å². The highest BCUT2D eigenvalue weighted by Gasteiger charge is 2.21. The largest absolute Gasteiger partial charge is 0.354 e. The maximum absolute atomic E-state index is 12.4. The molecular formula is C22H32N2O2. The van der Waals surface area contributed by atoms with Crippen molar-refractivity contribution in [2.75, 3.05) is 18.0 Å². The molecule has 0 spiro atoms. The summed E-state index contributed by atoms with van der Waals surface area (Å²) < 4.78 is 0. The Morgan fingerprint density at radius 2 is 2.00 bits per heavy atom. The minimum atomic E-state index is -0.105. The van der Waals surface area contributed by atoms with Crippen LogP contribution in [-0.4, -0.2) is 24.9 Å². The number of aryl methyl sites for hydroxylation is 1. The van der Waals surface area contributed by atoms with Crippen LogP contribution in [0.3, 0.4) is 0 Å². The molecule has 0 fully saturated rings. The molecule has 0 bridgehead atoms. The monoisotopic (exact) mass is 356 g/mol. The van der Waals surface area contributed by atoms with Crippen molar-refractivity contribution in [3.63, 3.8) is 0 Å². The second kappa shape index (κ2) is 9.56. The molecule has 0 aromatic heterocycles. The Kier molecular flexibility index (Phi) is 7.43. The number of carbonyl (C=O) groups is 2. The van der Waals surface area contributed by atoms with Gasteiger partial charge in [0.2, 0.25) is 11.8 Å². The Morgan fingerprint density at radius 1 is 1.23 bits per heavy atom. The van der Waals surface area contributed by atoms with Crippen molar-refractivity contribution in [3.8, 4) is 0 Å². The van der Waals surface area contributed by atoms with E-state index in [4.69, 9.17) is 0 Å². The fourth-order valence-corrected chi connectivity index (χ4v) is 3.56. The van der Waals surface area contributed by atoms with E-state index >= 15 is 0 Å². The molecule has 4 nitrogen and oxygen atoms in total. The van der Waals surface area contributed by atoms with Gasteiger partial charge in [0.25, 0.3) is 0 Å². The number of amides is 2. The molecule has 1 aliphatic rings. The first kappa shape index (κ1) is 20.2. The van der Waals surface area contributed by atoms with Gasteiger partial charge in [-0.2, -0.15) is 0 Å². The number of anilines is 1. The first-order chi connectivity index (χ1) is 12.4. The van der Waals surface area contributed by atoms with E-state index in [0.29, 0.717) is 6.54 Å². The smallest absolute Gasteiger partial charge is 0.240 e. The first-order valence-electron chi connectivity index (χ1n) is 9.72. The predicted octanol–water partition coefficient (Wildman–Crippen LogP) is 4.48. The van der Waals surface area contributed by atoms with Gasteiger partial charge in [-0.1, -0.05) is 43.7 Å². The van der Waals surface area contributed by atoms with Crippen LogP contribution in [0.1, 0.15) is 69.9 Å². The third kappa shape index (κ3) is 5.45. The standard InChI is InChI=1S/C22H32N2O2/c1-16(2)20-12-8-9-17(3)22(20)24(18(4)25)15-21(26)23-14-13-19-10-6-5-7-11-19/h8-10,12,16H,5-7,11,13-15H2,1-4H3,(H,23,26). The minimum absolute atomic E-state index is 0.0684. The van der Waals surface area contributed by atoms with Crippen LogP contribution in [0.15, 0.2) is 29.8 Å². The van der Waals surface area contributed by atoms with Crippen LogP contribution in [0.5, 0.6) is 0 Å². The van der Waals surface area contributed by atoms with Crippen molar-refractivity contribution in [1.82, 2.24) is 5.32 Å². The van der Waals surface area contributed by atoms with Gasteiger partial charge in [0.05, 0.1) is 5.69 Å². The van der Waals surface area contributed by atoms with E-state index in [0.717, 1.165) is 36.1 Å². The van der Waals surface area contributed by atoms with Crippen molar-refractivity contribution < 1.29 is 9.59 Å². The average molecular weight is 357 g/mol. The highest BCUT2D eigenvalue weighted by atomic mass is 16.2. The molecule has 1 N–H and O–H groups in total. The summed E-state index contributed by atoms with van der Waals surface area (Å²) in [6.45, 7) is 8.44. The van der Waals surface area contributed by atoms with Crippen LogP contribution in [0.25, 0.3) is 0 Å². The zero-order valence-electron chi connectivity index (χ0n) is 16.6. The van der Waals surface area contributed by atoms with E-state index < -0.39 is 0 Å². The van der Waals surface area contributed by atoms with Crippen molar-refractivity contribution in [3.05, 3.63) is 41.0 Å². The molecule has 4 heteroatoms. The molecule has 0 unspecified atom stereocenters. The Morgan fingerprint density at radius 3 is 2.62 bits per heavy atom. The number of hydrogen-bond acceptors (Lipinski definition) is 2. The summed E-state index contributed by atoms with van der Waals surface area (Å²) in [5.74, 6) is 0.0777. The summed E-state index contributed by atoms with van der Waals surface area (Å²) in [5.41, 5.74) is 4.44. The molecule has 1 aromatic rings.